The van der Waals surface area contributed by atoms with Crippen LogP contribution in [0.2, 0.25) is 0 Å². The number of likely N-dealkylation sites (tertiary alicyclic amines) is 1. The van der Waals surface area contributed by atoms with Crippen LogP contribution in [0.1, 0.15) is 19.8 Å². The predicted molar refractivity (Wildman–Crippen MR) is 96.9 cm³/mol. The molecular formula is C18H21F2N5O2. The van der Waals surface area contributed by atoms with Gasteiger partial charge < -0.3 is 20.3 Å². The largest absolute Gasteiger partial charge is 0.450 e. The quantitative estimate of drug-likeness (QED) is 0.830. The molecule has 0 spiro atoms. The van der Waals surface area contributed by atoms with E-state index >= 15 is 0 Å². The topological polar surface area (TPSA) is 79.4 Å². The molecule has 27 heavy (non-hydrogen) atoms. The van der Waals surface area contributed by atoms with E-state index in [4.69, 9.17) is 4.74 Å². The summed E-state index contributed by atoms with van der Waals surface area (Å²) in [5, 5.41) is 5.91. The fourth-order valence-corrected chi connectivity index (χ4v) is 2.88. The number of hydrogen-bond acceptors (Lipinski definition) is 6. The van der Waals surface area contributed by atoms with E-state index in [0.717, 1.165) is 12.8 Å². The first kappa shape index (κ1) is 18.8. The number of carbonyl (C=O) groups excluding carboxylic acids is 1. The lowest BCUT2D eigenvalue weighted by Crippen LogP contribution is -2.42. The minimum absolute atomic E-state index is 0.128. The molecule has 0 saturated carbocycles. The maximum atomic E-state index is 13.8. The average molecular weight is 377 g/mol. The zero-order valence-electron chi connectivity index (χ0n) is 14.9. The molecule has 2 aromatic rings. The van der Waals surface area contributed by atoms with Crippen molar-refractivity contribution in [1.82, 2.24) is 14.9 Å². The Kier molecular flexibility index (Phi) is 6.00. The number of hydrogen-bond donors (Lipinski definition) is 2. The number of ether oxygens (including phenoxy) is 1. The highest BCUT2D eigenvalue weighted by Crippen LogP contribution is 2.23. The molecule has 1 amide bonds. The molecule has 1 saturated heterocycles. The number of benzene rings is 1. The number of anilines is 3. The van der Waals surface area contributed by atoms with E-state index in [-0.39, 0.29) is 23.6 Å². The molecule has 144 valence electrons. The van der Waals surface area contributed by atoms with Gasteiger partial charge in [-0.1, -0.05) is 6.07 Å². The molecule has 0 bridgehead atoms. The predicted octanol–water partition coefficient (Wildman–Crippen LogP) is 3.53. The number of aromatic nitrogens is 2. The van der Waals surface area contributed by atoms with Crippen molar-refractivity contribution < 1.29 is 18.3 Å². The van der Waals surface area contributed by atoms with Crippen LogP contribution in [0.3, 0.4) is 0 Å². The van der Waals surface area contributed by atoms with E-state index in [0.29, 0.717) is 25.5 Å². The maximum absolute atomic E-state index is 13.8. The van der Waals surface area contributed by atoms with Gasteiger partial charge in [-0.05, 0) is 31.9 Å². The Balaban J connectivity index is 1.59. The number of nitrogens with one attached hydrogen (secondary N) is 2. The number of piperidine rings is 1. The lowest BCUT2D eigenvalue weighted by atomic mass is 10.1. The minimum atomic E-state index is -0.700. The number of amides is 1. The molecule has 0 radical (unpaired) electrons. The van der Waals surface area contributed by atoms with Gasteiger partial charge in [0.05, 0.1) is 6.61 Å². The molecule has 0 aliphatic carbocycles. The molecule has 9 heteroatoms. The van der Waals surface area contributed by atoms with E-state index in [2.05, 4.69) is 20.6 Å². The van der Waals surface area contributed by atoms with Gasteiger partial charge in [0.15, 0.2) is 0 Å². The summed E-state index contributed by atoms with van der Waals surface area (Å²) >= 11 is 0. The lowest BCUT2D eigenvalue weighted by Gasteiger charge is -2.31. The van der Waals surface area contributed by atoms with Gasteiger partial charge in [-0.25, -0.2) is 23.5 Å². The molecule has 1 aliphatic rings. The Morgan fingerprint density at radius 3 is 2.56 bits per heavy atom. The van der Waals surface area contributed by atoms with E-state index < -0.39 is 11.6 Å². The second kappa shape index (κ2) is 8.61. The Labute approximate surface area is 155 Å². The molecule has 2 N–H and O–H groups in total. The molecule has 3 rings (SSSR count). The van der Waals surface area contributed by atoms with Crippen LogP contribution in [0.25, 0.3) is 0 Å². The minimum Gasteiger partial charge on any atom is -0.450 e. The Morgan fingerprint density at radius 1 is 1.22 bits per heavy atom. The fourth-order valence-electron chi connectivity index (χ4n) is 2.88. The summed E-state index contributed by atoms with van der Waals surface area (Å²) in [6, 6.07) is 5.35. The van der Waals surface area contributed by atoms with E-state index in [1.807, 2.05) is 0 Å². The van der Waals surface area contributed by atoms with Gasteiger partial charge >= 0.3 is 6.09 Å². The first-order chi connectivity index (χ1) is 13.1. The Bertz CT molecular complexity index is 777. The smallest absolute Gasteiger partial charge is 0.409 e. The normalized spacial score (nSPS) is 14.7. The van der Waals surface area contributed by atoms with Crippen LogP contribution in [0, 0.1) is 11.6 Å². The molecule has 1 fully saturated rings. The first-order valence-corrected chi connectivity index (χ1v) is 8.78. The molecule has 0 atom stereocenters. The zero-order valence-corrected chi connectivity index (χ0v) is 14.9. The van der Waals surface area contributed by atoms with Gasteiger partial charge in [0, 0.05) is 25.2 Å². The second-order valence-corrected chi connectivity index (χ2v) is 6.11. The summed E-state index contributed by atoms with van der Waals surface area (Å²) in [5.41, 5.74) is -0.259. The van der Waals surface area contributed by atoms with E-state index in [1.54, 1.807) is 17.9 Å². The third-order valence-corrected chi connectivity index (χ3v) is 4.26. The average Bonchev–Trinajstić information content (AvgIpc) is 2.66. The monoisotopic (exact) mass is 377 g/mol. The van der Waals surface area contributed by atoms with Crippen molar-refractivity contribution in [1.29, 1.82) is 0 Å². The molecule has 1 aromatic carbocycles. The lowest BCUT2D eigenvalue weighted by molar-refractivity contribution is 0.0983. The zero-order chi connectivity index (χ0) is 19.2. The van der Waals surface area contributed by atoms with Gasteiger partial charge in [-0.3, -0.25) is 0 Å². The maximum Gasteiger partial charge on any atom is 0.409 e. The summed E-state index contributed by atoms with van der Waals surface area (Å²) in [4.78, 5) is 21.6. The third kappa shape index (κ3) is 4.81. The van der Waals surface area contributed by atoms with Gasteiger partial charge in [0.1, 0.15) is 35.3 Å². The SMILES string of the molecule is CCOC(=O)N1CCC(Nc2cc(Nc3c(F)cccc3F)ncn2)CC1. The second-order valence-electron chi connectivity index (χ2n) is 6.11. The van der Waals surface area contributed by atoms with Crippen LogP contribution in [0.4, 0.5) is 30.9 Å². The van der Waals surface area contributed by atoms with Crippen molar-refractivity contribution in [3.05, 3.63) is 42.2 Å². The van der Waals surface area contributed by atoms with E-state index in [9.17, 15) is 13.6 Å². The van der Waals surface area contributed by atoms with Crippen molar-refractivity contribution in [2.75, 3.05) is 30.3 Å². The van der Waals surface area contributed by atoms with Crippen LogP contribution in [0.5, 0.6) is 0 Å². The van der Waals surface area contributed by atoms with E-state index in [1.165, 1.54) is 24.5 Å². The number of nitrogens with zero attached hydrogens (tertiary/aromatic N) is 3. The van der Waals surface area contributed by atoms with Crippen LogP contribution < -0.4 is 10.6 Å². The summed E-state index contributed by atoms with van der Waals surface area (Å²) in [5.74, 6) is -0.580. The molecule has 1 aliphatic heterocycles. The van der Waals surface area contributed by atoms with Gasteiger partial charge in [-0.15, -0.1) is 0 Å². The van der Waals surface area contributed by atoms with Crippen molar-refractivity contribution >= 4 is 23.4 Å². The van der Waals surface area contributed by atoms with Gasteiger partial charge in [0.2, 0.25) is 0 Å². The van der Waals surface area contributed by atoms with Gasteiger partial charge in [-0.2, -0.15) is 0 Å². The highest BCUT2D eigenvalue weighted by Gasteiger charge is 2.23. The molecule has 7 nitrogen and oxygen atoms in total. The van der Waals surface area contributed by atoms with Gasteiger partial charge in [0.25, 0.3) is 0 Å². The number of carbonyl (C=O) groups is 1. The number of rotatable bonds is 5. The summed E-state index contributed by atoms with van der Waals surface area (Å²) in [7, 11) is 0. The highest BCUT2D eigenvalue weighted by molar-refractivity contribution is 5.67. The van der Waals surface area contributed by atoms with Crippen molar-refractivity contribution in [2.24, 2.45) is 0 Å². The summed E-state index contributed by atoms with van der Waals surface area (Å²) < 4.78 is 32.5. The first-order valence-electron chi connectivity index (χ1n) is 8.78. The molecule has 2 heterocycles. The van der Waals surface area contributed by atoms with Crippen molar-refractivity contribution in [3.8, 4) is 0 Å². The fraction of sp³-hybridized carbons (Fsp3) is 0.389. The third-order valence-electron chi connectivity index (χ3n) is 4.26. The summed E-state index contributed by atoms with van der Waals surface area (Å²) in [6.45, 7) is 3.32. The highest BCUT2D eigenvalue weighted by atomic mass is 19.1. The summed E-state index contributed by atoms with van der Waals surface area (Å²) in [6.07, 6.45) is 2.51. The Morgan fingerprint density at radius 2 is 1.89 bits per heavy atom. The molecule has 0 unspecified atom stereocenters. The van der Waals surface area contributed by atoms with Crippen LogP contribution in [-0.2, 0) is 4.74 Å². The Hall–Kier alpha value is -2.97. The van der Waals surface area contributed by atoms with Crippen LogP contribution in [0.15, 0.2) is 30.6 Å². The molecule has 1 aromatic heterocycles. The van der Waals surface area contributed by atoms with Crippen LogP contribution in [-0.4, -0.2) is 46.7 Å². The molecular weight excluding hydrogens is 356 g/mol. The number of para-hydroxylation sites is 1. The van der Waals surface area contributed by atoms with Crippen molar-refractivity contribution in [3.63, 3.8) is 0 Å². The standard InChI is InChI=1S/C18H21F2N5O2/c1-2-27-18(26)25-8-6-12(7-9-25)23-15-10-16(22-11-21-15)24-17-13(19)4-3-5-14(17)20/h3-5,10-12H,2,6-9H2,1H3,(H2,21,22,23,24). The van der Waals surface area contributed by atoms with Crippen LogP contribution >= 0.6 is 0 Å². The number of halogens is 2. The van der Waals surface area contributed by atoms with Crippen molar-refractivity contribution in [2.45, 2.75) is 25.8 Å².